The summed E-state index contributed by atoms with van der Waals surface area (Å²) in [5, 5.41) is 3.03. The number of benzene rings is 1. The summed E-state index contributed by atoms with van der Waals surface area (Å²) in [5.74, 6) is 0.544. The minimum atomic E-state index is -0.0486. The van der Waals surface area contributed by atoms with Crippen LogP contribution in [-0.2, 0) is 9.53 Å². The van der Waals surface area contributed by atoms with Crippen LogP contribution in [0.1, 0.15) is 49.0 Å². The lowest BCUT2D eigenvalue weighted by Crippen LogP contribution is -2.49. The number of morpholine rings is 1. The first-order chi connectivity index (χ1) is 12.5. The zero-order valence-electron chi connectivity index (χ0n) is 16.3. The van der Waals surface area contributed by atoms with Gasteiger partial charge < -0.3 is 10.1 Å². The van der Waals surface area contributed by atoms with E-state index in [1.165, 1.54) is 0 Å². The molecule has 2 rings (SSSR count). The average molecular weight is 360 g/mol. The van der Waals surface area contributed by atoms with E-state index in [1.54, 1.807) is 0 Å². The monoisotopic (exact) mass is 360 g/mol. The minimum Gasteiger partial charge on any atom is -0.379 e. The van der Waals surface area contributed by atoms with E-state index >= 15 is 0 Å². The molecule has 0 radical (unpaired) electrons. The van der Waals surface area contributed by atoms with Crippen LogP contribution >= 0.6 is 0 Å². The summed E-state index contributed by atoms with van der Waals surface area (Å²) >= 11 is 0. The van der Waals surface area contributed by atoms with Crippen LogP contribution in [-0.4, -0.2) is 55.5 Å². The van der Waals surface area contributed by atoms with E-state index in [9.17, 15) is 9.59 Å². The van der Waals surface area contributed by atoms with Gasteiger partial charge in [-0.25, -0.2) is 0 Å². The molecule has 1 heterocycles. The number of aryl methyl sites for hydroxylation is 1. The number of nitrogens with one attached hydrogen (secondary N) is 1. The van der Waals surface area contributed by atoms with Crippen molar-refractivity contribution in [3.05, 3.63) is 35.4 Å². The Bertz CT molecular complexity index is 577. The average Bonchev–Trinajstić information content (AvgIpc) is 2.64. The predicted octanol–water partition coefficient (Wildman–Crippen LogP) is 2.82. The zero-order valence-corrected chi connectivity index (χ0v) is 16.3. The van der Waals surface area contributed by atoms with Crippen molar-refractivity contribution in [3.63, 3.8) is 0 Å². The topological polar surface area (TPSA) is 58.6 Å². The number of carbonyl (C=O) groups excluding carboxylic acids is 2. The van der Waals surface area contributed by atoms with Crippen molar-refractivity contribution in [2.24, 2.45) is 5.92 Å². The molecule has 1 N–H and O–H groups in total. The number of carbonyl (C=O) groups is 2. The summed E-state index contributed by atoms with van der Waals surface area (Å²) in [5.41, 5.74) is 1.80. The third-order valence-corrected chi connectivity index (χ3v) is 4.79. The fourth-order valence-corrected chi connectivity index (χ4v) is 3.28. The second kappa shape index (κ2) is 10.4. The summed E-state index contributed by atoms with van der Waals surface area (Å²) in [6, 6.07) is 7.83. The molecule has 0 aromatic heterocycles. The second-order valence-corrected chi connectivity index (χ2v) is 7.52. The molecule has 5 heteroatoms. The Labute approximate surface area is 157 Å². The fourth-order valence-electron chi connectivity index (χ4n) is 3.28. The first kappa shape index (κ1) is 20.6. The van der Waals surface area contributed by atoms with Gasteiger partial charge in [0.05, 0.1) is 13.2 Å². The van der Waals surface area contributed by atoms with Gasteiger partial charge in [-0.15, -0.1) is 0 Å². The van der Waals surface area contributed by atoms with Gasteiger partial charge in [0, 0.05) is 44.1 Å². The van der Waals surface area contributed by atoms with Crippen molar-refractivity contribution in [1.82, 2.24) is 10.2 Å². The van der Waals surface area contributed by atoms with Crippen LogP contribution in [0.25, 0.3) is 0 Å². The number of hydrogen-bond acceptors (Lipinski definition) is 4. The molecule has 144 valence electrons. The molecule has 1 unspecified atom stereocenters. The summed E-state index contributed by atoms with van der Waals surface area (Å²) in [6.45, 7) is 10.4. The molecule has 0 saturated carbocycles. The van der Waals surface area contributed by atoms with Crippen molar-refractivity contribution >= 4 is 11.7 Å². The number of amides is 1. The quantitative estimate of drug-likeness (QED) is 0.688. The van der Waals surface area contributed by atoms with Gasteiger partial charge in [0.1, 0.15) is 0 Å². The van der Waals surface area contributed by atoms with Gasteiger partial charge >= 0.3 is 0 Å². The van der Waals surface area contributed by atoms with Crippen molar-refractivity contribution in [3.8, 4) is 0 Å². The molecule has 1 atom stereocenters. The van der Waals surface area contributed by atoms with E-state index in [0.717, 1.165) is 38.3 Å². The molecule has 1 saturated heterocycles. The molecule has 1 aromatic rings. The number of hydrogen-bond donors (Lipinski definition) is 1. The van der Waals surface area contributed by atoms with E-state index in [4.69, 9.17) is 4.74 Å². The Hall–Kier alpha value is -1.72. The summed E-state index contributed by atoms with van der Waals surface area (Å²) < 4.78 is 5.43. The van der Waals surface area contributed by atoms with Gasteiger partial charge in [-0.2, -0.15) is 0 Å². The highest BCUT2D eigenvalue weighted by Gasteiger charge is 2.22. The van der Waals surface area contributed by atoms with Gasteiger partial charge in [-0.3, -0.25) is 14.5 Å². The largest absolute Gasteiger partial charge is 0.379 e. The van der Waals surface area contributed by atoms with Crippen LogP contribution in [0.2, 0.25) is 0 Å². The van der Waals surface area contributed by atoms with Gasteiger partial charge in [0.15, 0.2) is 5.78 Å². The van der Waals surface area contributed by atoms with Crippen LogP contribution in [0, 0.1) is 12.8 Å². The number of Topliss-reactive ketones (excluding diaryl/α,β-unsaturated/α-hetero) is 1. The second-order valence-electron chi connectivity index (χ2n) is 7.52. The Morgan fingerprint density at radius 3 is 2.38 bits per heavy atom. The maximum absolute atomic E-state index is 12.2. The third-order valence-electron chi connectivity index (χ3n) is 4.79. The van der Waals surface area contributed by atoms with Crippen LogP contribution in [0.5, 0.6) is 0 Å². The fraction of sp³-hybridized carbons (Fsp3) is 0.619. The molecule has 1 aromatic carbocycles. The SMILES string of the molecule is Cc1ccc(C(=O)CCC(=O)NCC(CC(C)C)N2CCOCC2)cc1. The number of nitrogens with zero attached hydrogens (tertiary/aromatic N) is 1. The summed E-state index contributed by atoms with van der Waals surface area (Å²) in [7, 11) is 0. The lowest BCUT2D eigenvalue weighted by molar-refractivity contribution is -0.121. The Morgan fingerprint density at radius 2 is 1.77 bits per heavy atom. The summed E-state index contributed by atoms with van der Waals surface area (Å²) in [4.78, 5) is 26.8. The molecule has 1 aliphatic rings. The first-order valence-corrected chi connectivity index (χ1v) is 9.64. The van der Waals surface area contributed by atoms with Crippen molar-refractivity contribution in [2.45, 2.75) is 46.1 Å². The smallest absolute Gasteiger partial charge is 0.220 e. The highest BCUT2D eigenvalue weighted by Crippen LogP contribution is 2.13. The molecule has 1 fully saturated rings. The van der Waals surface area contributed by atoms with E-state index in [2.05, 4.69) is 24.1 Å². The first-order valence-electron chi connectivity index (χ1n) is 9.64. The number of ketones is 1. The number of ether oxygens (including phenoxy) is 1. The zero-order chi connectivity index (χ0) is 18.9. The van der Waals surface area contributed by atoms with Gasteiger partial charge in [0.2, 0.25) is 5.91 Å². The van der Waals surface area contributed by atoms with Crippen molar-refractivity contribution < 1.29 is 14.3 Å². The maximum Gasteiger partial charge on any atom is 0.220 e. The standard InChI is InChI=1S/C21H32N2O3/c1-16(2)14-19(23-10-12-26-13-11-23)15-22-21(25)9-8-20(24)18-6-4-17(3)5-7-18/h4-7,16,19H,8-15H2,1-3H3,(H,22,25). The molecule has 26 heavy (non-hydrogen) atoms. The Kier molecular flexibility index (Phi) is 8.26. The normalized spacial score (nSPS) is 16.5. The van der Waals surface area contributed by atoms with E-state index in [1.807, 2.05) is 31.2 Å². The van der Waals surface area contributed by atoms with Crippen molar-refractivity contribution in [2.75, 3.05) is 32.8 Å². The maximum atomic E-state index is 12.2. The van der Waals surface area contributed by atoms with Crippen LogP contribution in [0.3, 0.4) is 0 Å². The highest BCUT2D eigenvalue weighted by molar-refractivity contribution is 5.97. The Balaban J connectivity index is 1.77. The van der Waals surface area contributed by atoms with Crippen LogP contribution in [0.15, 0.2) is 24.3 Å². The summed E-state index contributed by atoms with van der Waals surface area (Å²) in [6.07, 6.45) is 1.54. The van der Waals surface area contributed by atoms with E-state index in [0.29, 0.717) is 24.1 Å². The molecular weight excluding hydrogens is 328 g/mol. The molecule has 1 aliphatic heterocycles. The lowest BCUT2D eigenvalue weighted by atomic mass is 10.0. The van der Waals surface area contributed by atoms with Gasteiger partial charge in [0.25, 0.3) is 0 Å². The molecule has 0 bridgehead atoms. The third kappa shape index (κ3) is 6.89. The van der Waals surface area contributed by atoms with Gasteiger partial charge in [-0.1, -0.05) is 43.7 Å². The molecule has 5 nitrogen and oxygen atoms in total. The molecule has 0 aliphatic carbocycles. The molecule has 1 amide bonds. The molecule has 0 spiro atoms. The van der Waals surface area contributed by atoms with Crippen LogP contribution < -0.4 is 5.32 Å². The van der Waals surface area contributed by atoms with E-state index in [-0.39, 0.29) is 24.5 Å². The van der Waals surface area contributed by atoms with Crippen molar-refractivity contribution in [1.29, 1.82) is 0 Å². The lowest BCUT2D eigenvalue weighted by Gasteiger charge is -2.35. The molecular formula is C21H32N2O3. The van der Waals surface area contributed by atoms with Crippen LogP contribution in [0.4, 0.5) is 0 Å². The number of rotatable bonds is 9. The predicted molar refractivity (Wildman–Crippen MR) is 103 cm³/mol. The Morgan fingerprint density at radius 1 is 1.12 bits per heavy atom. The minimum absolute atomic E-state index is 0.0204. The van der Waals surface area contributed by atoms with Gasteiger partial charge in [-0.05, 0) is 19.3 Å². The highest BCUT2D eigenvalue weighted by atomic mass is 16.5. The van der Waals surface area contributed by atoms with E-state index < -0.39 is 0 Å².